The smallest absolute Gasteiger partial charge is 0.272 e. The highest BCUT2D eigenvalue weighted by molar-refractivity contribution is 6.01. The summed E-state index contributed by atoms with van der Waals surface area (Å²) in [7, 11) is 3.21. The van der Waals surface area contributed by atoms with E-state index in [1.54, 1.807) is 21.1 Å². The average Bonchev–Trinajstić information content (AvgIpc) is 3.46. The zero-order valence-corrected chi connectivity index (χ0v) is 18.7. The second-order valence-electron chi connectivity index (χ2n) is 8.70. The molecule has 9 nitrogen and oxygen atoms in total. The van der Waals surface area contributed by atoms with Gasteiger partial charge in [-0.05, 0) is 37.5 Å². The highest BCUT2D eigenvalue weighted by Crippen LogP contribution is 2.27. The van der Waals surface area contributed by atoms with Gasteiger partial charge in [-0.15, -0.1) is 0 Å². The maximum Gasteiger partial charge on any atom is 0.272 e. The van der Waals surface area contributed by atoms with Crippen molar-refractivity contribution in [2.75, 3.05) is 14.2 Å². The summed E-state index contributed by atoms with van der Waals surface area (Å²) < 4.78 is 6.67. The molecule has 0 radical (unpaired) electrons. The minimum absolute atomic E-state index is 0.144. The fraction of sp³-hybridized carbons (Fsp3) is 0.478. The van der Waals surface area contributed by atoms with E-state index in [1.807, 2.05) is 24.3 Å². The number of nitrogens with zero attached hydrogens (tertiary/aromatic N) is 3. The third-order valence-electron chi connectivity index (χ3n) is 6.50. The lowest BCUT2D eigenvalue weighted by molar-refractivity contribution is -0.133. The molecule has 2 aliphatic rings. The summed E-state index contributed by atoms with van der Waals surface area (Å²) in [5.74, 6) is -0.203. The number of aromatic nitrogens is 2. The Hall–Kier alpha value is -3.36. The first-order valence-corrected chi connectivity index (χ1v) is 10.9. The molecule has 1 saturated carbocycles. The minimum Gasteiger partial charge on any atom is -0.497 e. The number of amides is 3. The predicted octanol–water partition coefficient (Wildman–Crippen LogP) is 1.72. The Labute approximate surface area is 187 Å². The summed E-state index contributed by atoms with van der Waals surface area (Å²) in [6, 6.07) is 9.03. The van der Waals surface area contributed by atoms with E-state index in [2.05, 4.69) is 15.7 Å². The number of carbonyl (C=O) groups excluding carboxylic acids is 3. The number of likely N-dealkylation sites (N-methyl/N-ethyl adjacent to an activating group) is 1. The zero-order valence-electron chi connectivity index (χ0n) is 18.7. The van der Waals surface area contributed by atoms with Gasteiger partial charge in [-0.1, -0.05) is 25.0 Å². The lowest BCUT2D eigenvalue weighted by atomic mass is 9.95. The van der Waals surface area contributed by atoms with Crippen molar-refractivity contribution in [1.29, 1.82) is 0 Å². The summed E-state index contributed by atoms with van der Waals surface area (Å²) >= 11 is 0. The van der Waals surface area contributed by atoms with Crippen LogP contribution in [0.2, 0.25) is 0 Å². The van der Waals surface area contributed by atoms with Crippen LogP contribution in [0.25, 0.3) is 0 Å². The van der Waals surface area contributed by atoms with Crippen LogP contribution >= 0.6 is 0 Å². The second kappa shape index (κ2) is 8.64. The molecule has 9 heteroatoms. The van der Waals surface area contributed by atoms with E-state index >= 15 is 0 Å². The number of benzene rings is 1. The lowest BCUT2D eigenvalue weighted by Gasteiger charge is -2.41. The Bertz CT molecular complexity index is 1040. The molecule has 1 fully saturated rings. The van der Waals surface area contributed by atoms with Gasteiger partial charge < -0.3 is 20.3 Å². The van der Waals surface area contributed by atoms with E-state index in [0.717, 1.165) is 31.2 Å². The Balaban J connectivity index is 1.48. The predicted molar refractivity (Wildman–Crippen MR) is 117 cm³/mol. The highest BCUT2D eigenvalue weighted by Gasteiger charge is 2.46. The summed E-state index contributed by atoms with van der Waals surface area (Å²) in [5, 5.41) is 10.2. The van der Waals surface area contributed by atoms with Gasteiger partial charge in [-0.25, -0.2) is 0 Å². The summed E-state index contributed by atoms with van der Waals surface area (Å²) in [5.41, 5.74) is 0.247. The van der Waals surface area contributed by atoms with Crippen LogP contribution in [-0.4, -0.2) is 58.1 Å². The van der Waals surface area contributed by atoms with Gasteiger partial charge in [0.2, 0.25) is 5.91 Å². The largest absolute Gasteiger partial charge is 0.497 e. The van der Waals surface area contributed by atoms with Gasteiger partial charge >= 0.3 is 0 Å². The van der Waals surface area contributed by atoms with Gasteiger partial charge in [0.25, 0.3) is 11.8 Å². The molecular formula is C23H29N5O4. The molecule has 1 aliphatic carbocycles. The van der Waals surface area contributed by atoms with Gasteiger partial charge in [0.15, 0.2) is 5.69 Å². The van der Waals surface area contributed by atoms with E-state index in [0.29, 0.717) is 18.0 Å². The van der Waals surface area contributed by atoms with E-state index < -0.39 is 5.54 Å². The van der Waals surface area contributed by atoms with Crippen molar-refractivity contribution < 1.29 is 19.1 Å². The van der Waals surface area contributed by atoms with Gasteiger partial charge in [-0.3, -0.25) is 19.1 Å². The van der Waals surface area contributed by atoms with Crippen molar-refractivity contribution in [3.05, 3.63) is 47.3 Å². The summed E-state index contributed by atoms with van der Waals surface area (Å²) in [6.07, 6.45) is 4.14. The number of hydrogen-bond acceptors (Lipinski definition) is 5. The molecule has 0 bridgehead atoms. The van der Waals surface area contributed by atoms with E-state index in [-0.39, 0.29) is 36.0 Å². The Morgan fingerprint density at radius 2 is 2.00 bits per heavy atom. The number of fused-ring (bicyclic) bond motifs is 1. The van der Waals surface area contributed by atoms with Gasteiger partial charge in [0.1, 0.15) is 17.0 Å². The van der Waals surface area contributed by atoms with E-state index in [1.165, 1.54) is 15.6 Å². The first-order valence-electron chi connectivity index (χ1n) is 10.9. The molecule has 0 unspecified atom stereocenters. The number of nitrogens with one attached hydrogen (secondary N) is 2. The molecule has 1 atom stereocenters. The van der Waals surface area contributed by atoms with Crippen LogP contribution in [0, 0.1) is 0 Å². The zero-order chi connectivity index (χ0) is 22.9. The quantitative estimate of drug-likeness (QED) is 0.713. The minimum atomic E-state index is -1.08. The third-order valence-corrected chi connectivity index (χ3v) is 6.50. The molecule has 0 spiro atoms. The number of carbonyl (C=O) groups is 3. The maximum atomic E-state index is 13.1. The average molecular weight is 440 g/mol. The molecule has 1 aromatic heterocycles. The highest BCUT2D eigenvalue weighted by atomic mass is 16.5. The summed E-state index contributed by atoms with van der Waals surface area (Å²) in [4.78, 5) is 40.2. The maximum absolute atomic E-state index is 13.1. The first kappa shape index (κ1) is 21.9. The molecule has 2 N–H and O–H groups in total. The van der Waals surface area contributed by atoms with Crippen molar-refractivity contribution in [2.45, 2.75) is 57.3 Å². The van der Waals surface area contributed by atoms with E-state index in [9.17, 15) is 14.4 Å². The standard InChI is InChI=1S/C23H29N5O4/c1-23(22(31)25-16-8-4-5-9-16)14-28-19(21(30)27(23)2)12-18(26-28)20(29)24-13-15-7-6-10-17(11-15)32-3/h6-7,10-12,16H,4-5,8-9,13-14H2,1-3H3,(H,24,29)(H,25,31)/t23-/m1/s1. The summed E-state index contributed by atoms with van der Waals surface area (Å²) in [6.45, 7) is 2.22. The van der Waals surface area contributed by atoms with Crippen molar-refractivity contribution in [1.82, 2.24) is 25.3 Å². The van der Waals surface area contributed by atoms with Gasteiger partial charge in [0.05, 0.1) is 13.7 Å². The van der Waals surface area contributed by atoms with Gasteiger partial charge in [0, 0.05) is 25.7 Å². The Morgan fingerprint density at radius 3 is 2.72 bits per heavy atom. The molecule has 0 saturated heterocycles. The van der Waals surface area contributed by atoms with Crippen LogP contribution < -0.4 is 15.4 Å². The molecule has 1 aromatic carbocycles. The number of rotatable bonds is 6. The molecule has 4 rings (SSSR count). The number of methoxy groups -OCH3 is 1. The molecular weight excluding hydrogens is 410 g/mol. The van der Waals surface area contributed by atoms with Crippen molar-refractivity contribution >= 4 is 17.7 Å². The fourth-order valence-electron chi connectivity index (χ4n) is 4.30. The molecule has 2 heterocycles. The second-order valence-corrected chi connectivity index (χ2v) is 8.70. The molecule has 170 valence electrons. The van der Waals surface area contributed by atoms with Crippen LogP contribution in [0.3, 0.4) is 0 Å². The van der Waals surface area contributed by atoms with Gasteiger partial charge in [-0.2, -0.15) is 5.10 Å². The molecule has 3 amide bonds. The van der Waals surface area contributed by atoms with Crippen molar-refractivity contribution in [3.63, 3.8) is 0 Å². The van der Waals surface area contributed by atoms with Crippen LogP contribution in [0.4, 0.5) is 0 Å². The van der Waals surface area contributed by atoms with Crippen LogP contribution in [0.5, 0.6) is 5.75 Å². The van der Waals surface area contributed by atoms with Crippen LogP contribution in [0.1, 0.15) is 59.1 Å². The number of ether oxygens (including phenoxy) is 1. The molecule has 1 aliphatic heterocycles. The van der Waals surface area contributed by atoms with Crippen LogP contribution in [0.15, 0.2) is 30.3 Å². The lowest BCUT2D eigenvalue weighted by Crippen LogP contribution is -2.63. The van der Waals surface area contributed by atoms with Crippen molar-refractivity contribution in [3.8, 4) is 5.75 Å². The third kappa shape index (κ3) is 4.06. The van der Waals surface area contributed by atoms with E-state index in [4.69, 9.17) is 4.74 Å². The topological polar surface area (TPSA) is 106 Å². The first-order chi connectivity index (χ1) is 15.3. The van der Waals surface area contributed by atoms with Crippen LogP contribution in [-0.2, 0) is 17.9 Å². The Morgan fingerprint density at radius 1 is 1.25 bits per heavy atom. The van der Waals surface area contributed by atoms with Crippen molar-refractivity contribution in [2.24, 2.45) is 0 Å². The SMILES string of the molecule is COc1cccc(CNC(=O)c2cc3n(n2)C[C@](C)(C(=O)NC2CCCC2)N(C)C3=O)c1. The number of hydrogen-bond donors (Lipinski definition) is 2. The Kier molecular flexibility index (Phi) is 5.90. The normalized spacial score (nSPS) is 20.7. The monoisotopic (exact) mass is 439 g/mol. The molecule has 32 heavy (non-hydrogen) atoms. The fourth-order valence-corrected chi connectivity index (χ4v) is 4.30. The molecule has 2 aromatic rings.